The summed E-state index contributed by atoms with van der Waals surface area (Å²) in [7, 11) is 2.21. The van der Waals surface area contributed by atoms with Crippen molar-refractivity contribution in [2.75, 3.05) is 38.1 Å². The molecule has 2 heterocycles. The molecular formula is C16H25N3. The van der Waals surface area contributed by atoms with Crippen LogP contribution in [0.15, 0.2) is 24.3 Å². The quantitative estimate of drug-likeness (QED) is 0.893. The van der Waals surface area contributed by atoms with Crippen LogP contribution < -0.4 is 10.2 Å². The van der Waals surface area contributed by atoms with E-state index in [9.17, 15) is 0 Å². The van der Waals surface area contributed by atoms with Gasteiger partial charge in [0.1, 0.15) is 0 Å². The SMILES string of the molecule is CN1CCC(NCc2ccccc2N2CCCC2)C1. The van der Waals surface area contributed by atoms with Gasteiger partial charge < -0.3 is 15.1 Å². The summed E-state index contributed by atoms with van der Waals surface area (Å²) in [5, 5.41) is 3.72. The smallest absolute Gasteiger partial charge is 0.0411 e. The molecule has 1 N–H and O–H groups in total. The molecule has 3 rings (SSSR count). The van der Waals surface area contributed by atoms with Gasteiger partial charge in [0.2, 0.25) is 0 Å². The largest absolute Gasteiger partial charge is 0.371 e. The molecule has 1 atom stereocenters. The van der Waals surface area contributed by atoms with Gasteiger partial charge in [0, 0.05) is 37.9 Å². The van der Waals surface area contributed by atoms with Gasteiger partial charge in [0.05, 0.1) is 0 Å². The second-order valence-electron chi connectivity index (χ2n) is 5.95. The summed E-state index contributed by atoms with van der Waals surface area (Å²) in [6.07, 6.45) is 3.97. The van der Waals surface area contributed by atoms with Crippen LogP contribution in [0.2, 0.25) is 0 Å². The average Bonchev–Trinajstić information content (AvgIpc) is 3.08. The van der Waals surface area contributed by atoms with Gasteiger partial charge in [-0.1, -0.05) is 18.2 Å². The van der Waals surface area contributed by atoms with Crippen molar-refractivity contribution in [2.45, 2.75) is 31.8 Å². The van der Waals surface area contributed by atoms with Gasteiger partial charge in [-0.2, -0.15) is 0 Å². The van der Waals surface area contributed by atoms with Crippen molar-refractivity contribution in [3.05, 3.63) is 29.8 Å². The Morgan fingerprint density at radius 2 is 1.95 bits per heavy atom. The van der Waals surface area contributed by atoms with Crippen LogP contribution >= 0.6 is 0 Å². The van der Waals surface area contributed by atoms with Gasteiger partial charge >= 0.3 is 0 Å². The van der Waals surface area contributed by atoms with Crippen LogP contribution in [0.3, 0.4) is 0 Å². The summed E-state index contributed by atoms with van der Waals surface area (Å²) in [4.78, 5) is 4.95. The predicted molar refractivity (Wildman–Crippen MR) is 80.6 cm³/mol. The molecule has 0 amide bonds. The van der Waals surface area contributed by atoms with E-state index < -0.39 is 0 Å². The number of nitrogens with zero attached hydrogens (tertiary/aromatic N) is 2. The number of hydrogen-bond donors (Lipinski definition) is 1. The van der Waals surface area contributed by atoms with Gasteiger partial charge in [-0.05, 0) is 44.5 Å². The lowest BCUT2D eigenvalue weighted by Gasteiger charge is -2.22. The summed E-state index contributed by atoms with van der Waals surface area (Å²) in [6.45, 7) is 5.87. The molecule has 3 heteroatoms. The first-order valence-electron chi connectivity index (χ1n) is 7.58. The number of nitrogens with one attached hydrogen (secondary N) is 1. The minimum atomic E-state index is 0.664. The van der Waals surface area contributed by atoms with Crippen molar-refractivity contribution in [3.63, 3.8) is 0 Å². The summed E-state index contributed by atoms with van der Waals surface area (Å²) >= 11 is 0. The molecular weight excluding hydrogens is 234 g/mol. The highest BCUT2D eigenvalue weighted by molar-refractivity contribution is 5.54. The third-order valence-electron chi connectivity index (χ3n) is 4.41. The summed E-state index contributed by atoms with van der Waals surface area (Å²) in [5.74, 6) is 0. The zero-order valence-electron chi connectivity index (χ0n) is 11.9. The van der Waals surface area contributed by atoms with E-state index in [1.54, 1.807) is 0 Å². The highest BCUT2D eigenvalue weighted by Crippen LogP contribution is 2.24. The van der Waals surface area contributed by atoms with Crippen molar-refractivity contribution in [2.24, 2.45) is 0 Å². The molecule has 0 bridgehead atoms. The van der Waals surface area contributed by atoms with Crippen LogP contribution in [0.4, 0.5) is 5.69 Å². The molecule has 2 fully saturated rings. The zero-order chi connectivity index (χ0) is 13.1. The van der Waals surface area contributed by atoms with E-state index in [1.165, 1.54) is 56.7 Å². The Hall–Kier alpha value is -1.06. The van der Waals surface area contributed by atoms with Crippen molar-refractivity contribution >= 4 is 5.69 Å². The molecule has 1 aromatic rings. The highest BCUT2D eigenvalue weighted by Gasteiger charge is 2.20. The van der Waals surface area contributed by atoms with E-state index in [4.69, 9.17) is 0 Å². The lowest BCUT2D eigenvalue weighted by molar-refractivity contribution is 0.397. The zero-order valence-corrected chi connectivity index (χ0v) is 11.9. The Morgan fingerprint density at radius 1 is 1.16 bits per heavy atom. The molecule has 2 aliphatic rings. The second-order valence-corrected chi connectivity index (χ2v) is 5.95. The van der Waals surface area contributed by atoms with Crippen LogP contribution in [0.5, 0.6) is 0 Å². The van der Waals surface area contributed by atoms with E-state index >= 15 is 0 Å². The van der Waals surface area contributed by atoms with Crippen LogP contribution in [0.25, 0.3) is 0 Å². The van der Waals surface area contributed by atoms with Crippen LogP contribution in [0, 0.1) is 0 Å². The van der Waals surface area contributed by atoms with Crippen molar-refractivity contribution in [3.8, 4) is 0 Å². The average molecular weight is 259 g/mol. The third-order valence-corrected chi connectivity index (χ3v) is 4.41. The van der Waals surface area contributed by atoms with E-state index in [0.29, 0.717) is 6.04 Å². The number of likely N-dealkylation sites (N-methyl/N-ethyl adjacent to an activating group) is 1. The molecule has 2 saturated heterocycles. The van der Waals surface area contributed by atoms with E-state index in [2.05, 4.69) is 46.4 Å². The maximum Gasteiger partial charge on any atom is 0.0411 e. The van der Waals surface area contributed by atoms with Gasteiger partial charge in [0.15, 0.2) is 0 Å². The minimum absolute atomic E-state index is 0.664. The Kier molecular flexibility index (Phi) is 4.04. The summed E-state index contributed by atoms with van der Waals surface area (Å²) in [6, 6.07) is 9.55. The molecule has 3 nitrogen and oxygen atoms in total. The van der Waals surface area contributed by atoms with Gasteiger partial charge in [-0.25, -0.2) is 0 Å². The number of rotatable bonds is 4. The molecule has 2 aliphatic heterocycles. The lowest BCUT2D eigenvalue weighted by atomic mass is 10.1. The normalized spacial score (nSPS) is 24.3. The Labute approximate surface area is 116 Å². The molecule has 0 aliphatic carbocycles. The maximum atomic E-state index is 3.72. The number of hydrogen-bond acceptors (Lipinski definition) is 3. The first kappa shape index (κ1) is 12.9. The standard InChI is InChI=1S/C16H25N3/c1-18-11-8-15(13-18)17-12-14-6-2-3-7-16(14)19-9-4-5-10-19/h2-3,6-7,15,17H,4-5,8-13H2,1H3. The molecule has 1 aromatic carbocycles. The topological polar surface area (TPSA) is 18.5 Å². The van der Waals surface area contributed by atoms with Crippen LogP contribution in [-0.4, -0.2) is 44.2 Å². The Balaban J connectivity index is 1.63. The van der Waals surface area contributed by atoms with Crippen molar-refractivity contribution in [1.29, 1.82) is 0 Å². The first-order valence-corrected chi connectivity index (χ1v) is 7.58. The number of likely N-dealkylation sites (tertiary alicyclic amines) is 1. The second kappa shape index (κ2) is 5.93. The van der Waals surface area contributed by atoms with Crippen LogP contribution in [-0.2, 0) is 6.54 Å². The Bertz CT molecular complexity index is 412. The summed E-state index contributed by atoms with van der Waals surface area (Å²) < 4.78 is 0. The van der Waals surface area contributed by atoms with E-state index in [1.807, 2.05) is 0 Å². The van der Waals surface area contributed by atoms with E-state index in [0.717, 1.165) is 6.54 Å². The number of para-hydroxylation sites is 1. The number of benzene rings is 1. The molecule has 0 aromatic heterocycles. The first-order chi connectivity index (χ1) is 9.33. The predicted octanol–water partition coefficient (Wildman–Crippen LogP) is 2.08. The third kappa shape index (κ3) is 3.10. The molecule has 104 valence electrons. The minimum Gasteiger partial charge on any atom is -0.371 e. The van der Waals surface area contributed by atoms with E-state index in [-0.39, 0.29) is 0 Å². The fraction of sp³-hybridized carbons (Fsp3) is 0.625. The number of anilines is 1. The monoisotopic (exact) mass is 259 g/mol. The van der Waals surface area contributed by atoms with Crippen molar-refractivity contribution < 1.29 is 0 Å². The van der Waals surface area contributed by atoms with Crippen molar-refractivity contribution in [1.82, 2.24) is 10.2 Å². The van der Waals surface area contributed by atoms with Crippen LogP contribution in [0.1, 0.15) is 24.8 Å². The highest BCUT2D eigenvalue weighted by atomic mass is 15.2. The molecule has 0 radical (unpaired) electrons. The fourth-order valence-corrected chi connectivity index (χ4v) is 3.28. The maximum absolute atomic E-state index is 3.72. The van der Waals surface area contributed by atoms with Gasteiger partial charge in [-0.3, -0.25) is 0 Å². The fourth-order valence-electron chi connectivity index (χ4n) is 3.28. The van der Waals surface area contributed by atoms with Gasteiger partial charge in [-0.15, -0.1) is 0 Å². The lowest BCUT2D eigenvalue weighted by Crippen LogP contribution is -2.31. The Morgan fingerprint density at radius 3 is 2.68 bits per heavy atom. The van der Waals surface area contributed by atoms with Gasteiger partial charge in [0.25, 0.3) is 0 Å². The molecule has 1 unspecified atom stereocenters. The molecule has 0 spiro atoms. The molecule has 19 heavy (non-hydrogen) atoms. The molecule has 0 saturated carbocycles. The summed E-state index contributed by atoms with van der Waals surface area (Å²) in [5.41, 5.74) is 2.90.